The Labute approximate surface area is 179 Å². The van der Waals surface area contributed by atoms with Crippen LogP contribution in [0.5, 0.6) is 0 Å². The number of pyridine rings is 1. The molecule has 0 spiro atoms. The van der Waals surface area contributed by atoms with Crippen LogP contribution in [0.3, 0.4) is 0 Å². The molecule has 1 aliphatic heterocycles. The second-order valence-electron chi connectivity index (χ2n) is 7.69. The van der Waals surface area contributed by atoms with Crippen LogP contribution in [-0.2, 0) is 4.79 Å². The predicted octanol–water partition coefficient (Wildman–Crippen LogP) is 4.01. The van der Waals surface area contributed by atoms with Crippen molar-refractivity contribution < 1.29 is 4.79 Å². The molecule has 5 rings (SSSR count). The predicted molar refractivity (Wildman–Crippen MR) is 119 cm³/mol. The number of rotatable bonds is 7. The number of amides is 1. The third-order valence-corrected chi connectivity index (χ3v) is 6.42. The van der Waals surface area contributed by atoms with Gasteiger partial charge >= 0.3 is 0 Å². The van der Waals surface area contributed by atoms with E-state index in [1.165, 1.54) is 24.6 Å². The first-order valence-electron chi connectivity index (χ1n) is 10.4. The van der Waals surface area contributed by atoms with Crippen molar-refractivity contribution in [3.63, 3.8) is 0 Å². The Morgan fingerprint density at radius 2 is 1.83 bits per heavy atom. The van der Waals surface area contributed by atoms with Crippen LogP contribution in [0.25, 0.3) is 11.4 Å². The molecule has 0 atom stereocenters. The maximum absolute atomic E-state index is 12.7. The summed E-state index contributed by atoms with van der Waals surface area (Å²) in [5, 5.41) is 12.7. The van der Waals surface area contributed by atoms with Gasteiger partial charge in [-0.2, -0.15) is 0 Å². The van der Waals surface area contributed by atoms with E-state index in [0.29, 0.717) is 11.8 Å². The second-order valence-corrected chi connectivity index (χ2v) is 8.63. The van der Waals surface area contributed by atoms with E-state index in [2.05, 4.69) is 36.0 Å². The molecule has 154 valence electrons. The average molecular weight is 421 g/mol. The van der Waals surface area contributed by atoms with Gasteiger partial charge in [0.25, 0.3) is 0 Å². The number of hydrogen-bond donors (Lipinski definition) is 1. The van der Waals surface area contributed by atoms with Crippen molar-refractivity contribution in [2.45, 2.75) is 36.9 Å². The summed E-state index contributed by atoms with van der Waals surface area (Å²) in [7, 11) is 0. The molecule has 1 aliphatic carbocycles. The molecule has 3 heterocycles. The molecule has 0 bridgehead atoms. The molecule has 0 radical (unpaired) electrons. The molecule has 3 aromatic rings. The quantitative estimate of drug-likeness (QED) is 0.582. The molecule has 2 fully saturated rings. The smallest absolute Gasteiger partial charge is 0.234 e. The van der Waals surface area contributed by atoms with Crippen molar-refractivity contribution in [1.29, 1.82) is 0 Å². The van der Waals surface area contributed by atoms with Gasteiger partial charge in [0, 0.05) is 37.1 Å². The highest BCUT2D eigenvalue weighted by molar-refractivity contribution is 7.99. The van der Waals surface area contributed by atoms with Gasteiger partial charge in [0.1, 0.15) is 0 Å². The standard InChI is InChI=1S/C22H24N6OS/c29-20(24-18-5-1-2-6-19(18)27-13-3-4-14-27)15-30-22-26-25-21(28(22)17-7-8-17)16-9-11-23-12-10-16/h1-2,5-6,9-12,17H,3-4,7-8,13-15H2,(H,24,29). The Bertz CT molecular complexity index is 1030. The highest BCUT2D eigenvalue weighted by Gasteiger charge is 2.30. The monoisotopic (exact) mass is 420 g/mol. The van der Waals surface area contributed by atoms with E-state index in [4.69, 9.17) is 0 Å². The molecule has 0 unspecified atom stereocenters. The molecule has 1 N–H and O–H groups in total. The van der Waals surface area contributed by atoms with Crippen molar-refractivity contribution in [2.24, 2.45) is 0 Å². The number of para-hydroxylation sites is 2. The number of carbonyl (C=O) groups is 1. The molecule has 1 aromatic carbocycles. The van der Waals surface area contributed by atoms with E-state index in [0.717, 1.165) is 53.9 Å². The lowest BCUT2D eigenvalue weighted by Gasteiger charge is -2.21. The third kappa shape index (κ3) is 4.05. The lowest BCUT2D eigenvalue weighted by Crippen LogP contribution is -2.21. The number of benzene rings is 1. The fourth-order valence-corrected chi connectivity index (χ4v) is 4.67. The van der Waals surface area contributed by atoms with Crippen LogP contribution in [-0.4, -0.2) is 44.5 Å². The fourth-order valence-electron chi connectivity index (χ4n) is 3.86. The Morgan fingerprint density at radius 3 is 2.60 bits per heavy atom. The Balaban J connectivity index is 1.28. The minimum Gasteiger partial charge on any atom is -0.370 e. The summed E-state index contributed by atoms with van der Waals surface area (Å²) in [6.45, 7) is 2.09. The lowest BCUT2D eigenvalue weighted by atomic mass is 10.2. The Morgan fingerprint density at radius 1 is 1.07 bits per heavy atom. The summed E-state index contributed by atoms with van der Waals surface area (Å²) < 4.78 is 2.17. The Kier molecular flexibility index (Phi) is 5.40. The topological polar surface area (TPSA) is 75.9 Å². The molecule has 1 amide bonds. The molecule has 7 nitrogen and oxygen atoms in total. The van der Waals surface area contributed by atoms with Crippen LogP contribution in [0.2, 0.25) is 0 Å². The summed E-state index contributed by atoms with van der Waals surface area (Å²) >= 11 is 1.44. The van der Waals surface area contributed by atoms with Gasteiger partial charge in [-0.3, -0.25) is 14.3 Å². The number of anilines is 2. The molecule has 30 heavy (non-hydrogen) atoms. The van der Waals surface area contributed by atoms with Gasteiger partial charge in [-0.05, 0) is 49.9 Å². The first-order chi connectivity index (χ1) is 14.8. The molecule has 8 heteroatoms. The summed E-state index contributed by atoms with van der Waals surface area (Å²) in [5.41, 5.74) is 2.99. The van der Waals surface area contributed by atoms with E-state index < -0.39 is 0 Å². The van der Waals surface area contributed by atoms with E-state index in [9.17, 15) is 4.79 Å². The van der Waals surface area contributed by atoms with Crippen molar-refractivity contribution in [2.75, 3.05) is 29.1 Å². The maximum atomic E-state index is 12.7. The largest absolute Gasteiger partial charge is 0.370 e. The van der Waals surface area contributed by atoms with Gasteiger partial charge in [-0.15, -0.1) is 10.2 Å². The fraction of sp³-hybridized carbons (Fsp3) is 0.364. The lowest BCUT2D eigenvalue weighted by molar-refractivity contribution is -0.113. The first kappa shape index (κ1) is 19.1. The van der Waals surface area contributed by atoms with E-state index in [-0.39, 0.29) is 5.91 Å². The van der Waals surface area contributed by atoms with Crippen LogP contribution < -0.4 is 10.2 Å². The first-order valence-corrected chi connectivity index (χ1v) is 11.4. The maximum Gasteiger partial charge on any atom is 0.234 e. The SMILES string of the molecule is O=C(CSc1nnc(-c2ccncc2)n1C1CC1)Nc1ccccc1N1CCCC1. The van der Waals surface area contributed by atoms with Crippen LogP contribution in [0, 0.1) is 0 Å². The molecule has 2 aromatic heterocycles. The second kappa shape index (κ2) is 8.47. The summed E-state index contributed by atoms with van der Waals surface area (Å²) in [6.07, 6.45) is 8.18. The average Bonchev–Trinajstić information content (AvgIpc) is 3.30. The molecular weight excluding hydrogens is 396 g/mol. The number of aromatic nitrogens is 4. The number of hydrogen-bond acceptors (Lipinski definition) is 6. The van der Waals surface area contributed by atoms with E-state index in [1.807, 2.05) is 30.3 Å². The number of carbonyl (C=O) groups excluding carboxylic acids is 1. The van der Waals surface area contributed by atoms with Gasteiger partial charge < -0.3 is 10.2 Å². The minimum atomic E-state index is -0.0255. The zero-order valence-corrected chi connectivity index (χ0v) is 17.5. The van der Waals surface area contributed by atoms with Crippen molar-refractivity contribution in [3.05, 3.63) is 48.8 Å². The Hall–Kier alpha value is -2.87. The van der Waals surface area contributed by atoms with Crippen molar-refractivity contribution in [3.8, 4) is 11.4 Å². The molecule has 2 aliphatic rings. The minimum absolute atomic E-state index is 0.0255. The molecule has 1 saturated carbocycles. The molecular formula is C22H24N6OS. The summed E-state index contributed by atoms with van der Waals surface area (Å²) in [4.78, 5) is 19.1. The van der Waals surface area contributed by atoms with Gasteiger partial charge in [-0.25, -0.2) is 0 Å². The normalized spacial score (nSPS) is 16.1. The summed E-state index contributed by atoms with van der Waals surface area (Å²) in [6, 6.07) is 12.4. The number of nitrogens with zero attached hydrogens (tertiary/aromatic N) is 5. The van der Waals surface area contributed by atoms with Crippen LogP contribution in [0.15, 0.2) is 53.9 Å². The van der Waals surface area contributed by atoms with Gasteiger partial charge in [-0.1, -0.05) is 23.9 Å². The van der Waals surface area contributed by atoms with Crippen molar-refractivity contribution >= 4 is 29.0 Å². The van der Waals surface area contributed by atoms with Gasteiger partial charge in [0.15, 0.2) is 11.0 Å². The number of thioether (sulfide) groups is 1. The van der Waals surface area contributed by atoms with Gasteiger partial charge in [0.2, 0.25) is 5.91 Å². The zero-order valence-electron chi connectivity index (χ0n) is 16.7. The van der Waals surface area contributed by atoms with Crippen LogP contribution in [0.4, 0.5) is 11.4 Å². The molecule has 1 saturated heterocycles. The van der Waals surface area contributed by atoms with Crippen LogP contribution in [0.1, 0.15) is 31.7 Å². The van der Waals surface area contributed by atoms with E-state index in [1.54, 1.807) is 12.4 Å². The van der Waals surface area contributed by atoms with E-state index >= 15 is 0 Å². The highest BCUT2D eigenvalue weighted by atomic mass is 32.2. The summed E-state index contributed by atoms with van der Waals surface area (Å²) in [5.74, 6) is 1.12. The third-order valence-electron chi connectivity index (χ3n) is 5.47. The highest BCUT2D eigenvalue weighted by Crippen LogP contribution is 2.41. The van der Waals surface area contributed by atoms with Gasteiger partial charge in [0.05, 0.1) is 17.1 Å². The number of nitrogens with one attached hydrogen (secondary N) is 1. The van der Waals surface area contributed by atoms with Crippen molar-refractivity contribution in [1.82, 2.24) is 19.7 Å². The zero-order chi connectivity index (χ0) is 20.3. The van der Waals surface area contributed by atoms with Crippen LogP contribution >= 0.6 is 11.8 Å².